The molecular weight excluding hydrogens is 860 g/mol. The summed E-state index contributed by atoms with van der Waals surface area (Å²) in [5.41, 5.74) is 22.9. The zero-order valence-corrected chi connectivity index (χ0v) is 41.8. The second-order valence-corrected chi connectivity index (χ2v) is 22.0. The van der Waals surface area contributed by atoms with Crippen molar-refractivity contribution in [3.8, 4) is 22.6 Å². The molecule has 0 N–H and O–H groups in total. The molecule has 0 amide bonds. The molecule has 7 aromatic carbocycles. The van der Waals surface area contributed by atoms with Crippen molar-refractivity contribution >= 4 is 101 Å². The van der Waals surface area contributed by atoms with Gasteiger partial charge in [-0.25, -0.2) is 0 Å². The van der Waals surface area contributed by atoms with Crippen molar-refractivity contribution in [3.63, 3.8) is 0 Å². The smallest absolute Gasteiger partial charge is 0.342 e. The summed E-state index contributed by atoms with van der Waals surface area (Å²) >= 11 is 0. The molecule has 4 aromatic heterocycles. The van der Waals surface area contributed by atoms with E-state index in [0.29, 0.717) is 0 Å². The van der Waals surface area contributed by atoms with Crippen molar-refractivity contribution in [1.29, 1.82) is 0 Å². The summed E-state index contributed by atoms with van der Waals surface area (Å²) in [4.78, 5) is 5.03. The predicted octanol–water partition coefficient (Wildman–Crippen LogP) is 16.2. The summed E-state index contributed by atoms with van der Waals surface area (Å²) in [5.74, 6) is 1.69. The molecule has 0 aliphatic carbocycles. The fourth-order valence-electron chi connectivity index (χ4n) is 11.6. The van der Waals surface area contributed by atoms with E-state index in [0.717, 1.165) is 145 Å². The molecule has 0 unspecified atom stereocenters. The van der Waals surface area contributed by atoms with E-state index < -0.39 is 0 Å². The molecular formula is C63H55BN2O4. The maximum absolute atomic E-state index is 7.40. The molecule has 13 rings (SSSR count). The molecule has 344 valence electrons. The van der Waals surface area contributed by atoms with Crippen LogP contribution in [0.4, 0.5) is 34.1 Å². The van der Waals surface area contributed by atoms with Crippen LogP contribution in [-0.2, 0) is 10.8 Å². The van der Waals surface area contributed by atoms with Crippen LogP contribution in [0.15, 0.2) is 151 Å². The van der Waals surface area contributed by atoms with Gasteiger partial charge < -0.3 is 27.5 Å². The Hall–Kier alpha value is -7.64. The minimum atomic E-state index is -0.364. The summed E-state index contributed by atoms with van der Waals surface area (Å²) in [6, 6.07) is 48.1. The second kappa shape index (κ2) is 14.7. The quantitative estimate of drug-likeness (QED) is 0.164. The Kier molecular flexibility index (Phi) is 8.91. The van der Waals surface area contributed by atoms with E-state index in [9.17, 15) is 0 Å². The van der Waals surface area contributed by atoms with Gasteiger partial charge in [0.05, 0.1) is 22.7 Å². The van der Waals surface area contributed by atoms with Crippen molar-refractivity contribution in [1.82, 2.24) is 0 Å². The van der Waals surface area contributed by atoms with Gasteiger partial charge in [0, 0.05) is 44.0 Å². The van der Waals surface area contributed by atoms with E-state index in [-0.39, 0.29) is 17.5 Å². The Bertz CT molecular complexity index is 3690. The van der Waals surface area contributed by atoms with Crippen molar-refractivity contribution in [2.75, 3.05) is 9.80 Å². The number of hydrogen-bond acceptors (Lipinski definition) is 6. The third-order valence-corrected chi connectivity index (χ3v) is 15.2. The minimum Gasteiger partial charge on any atom is -0.468 e. The van der Waals surface area contributed by atoms with E-state index in [2.05, 4.69) is 195 Å². The number of benzene rings is 7. The fourth-order valence-corrected chi connectivity index (χ4v) is 11.6. The van der Waals surface area contributed by atoms with Crippen molar-refractivity contribution < 1.29 is 17.7 Å². The molecule has 6 nitrogen and oxygen atoms in total. The van der Waals surface area contributed by atoms with Crippen LogP contribution in [0.2, 0.25) is 0 Å². The molecule has 0 atom stereocenters. The monoisotopic (exact) mass is 914 g/mol. The van der Waals surface area contributed by atoms with Crippen LogP contribution in [0, 0.1) is 34.6 Å². The van der Waals surface area contributed by atoms with Crippen LogP contribution < -0.4 is 26.6 Å². The van der Waals surface area contributed by atoms with E-state index in [1.807, 2.05) is 24.3 Å². The zero-order valence-electron chi connectivity index (χ0n) is 41.8. The van der Waals surface area contributed by atoms with E-state index in [4.69, 9.17) is 17.7 Å². The highest BCUT2D eigenvalue weighted by molar-refractivity contribution is 6.99. The molecule has 6 heterocycles. The predicted molar refractivity (Wildman–Crippen MR) is 292 cm³/mol. The first kappa shape index (κ1) is 42.5. The first-order valence-corrected chi connectivity index (χ1v) is 24.6. The van der Waals surface area contributed by atoms with Crippen molar-refractivity contribution in [2.24, 2.45) is 0 Å². The molecule has 70 heavy (non-hydrogen) atoms. The van der Waals surface area contributed by atoms with Gasteiger partial charge in [-0.3, -0.25) is 0 Å². The van der Waals surface area contributed by atoms with Crippen LogP contribution in [-0.4, -0.2) is 6.71 Å². The molecule has 0 spiro atoms. The number of nitrogens with zero attached hydrogens (tertiary/aromatic N) is 2. The van der Waals surface area contributed by atoms with Gasteiger partial charge in [-0.15, -0.1) is 0 Å². The molecule has 2 aliphatic rings. The van der Waals surface area contributed by atoms with Gasteiger partial charge in [0.1, 0.15) is 45.2 Å². The molecule has 0 fully saturated rings. The number of fused-ring (bicyclic) bond motifs is 10. The van der Waals surface area contributed by atoms with Crippen LogP contribution in [0.1, 0.15) is 80.5 Å². The normalized spacial score (nSPS) is 13.6. The van der Waals surface area contributed by atoms with Crippen LogP contribution in [0.5, 0.6) is 0 Å². The van der Waals surface area contributed by atoms with E-state index in [1.54, 1.807) is 0 Å². The highest BCUT2D eigenvalue weighted by Crippen LogP contribution is 2.53. The number of anilines is 6. The standard InChI is InChI=1S/C63H55BN2O4/c1-34-28-47-55-48(29-34)66(57-36(3)21-25-44(38(57)5)54-31-40-17-13-15-19-50(40)68-54)59-46-33-42(63(9,10)11)23-27-52(46)70-61(59)64(55)60-58(45-32-41(62(6,7)8)22-26-51(45)69-60)65(47)56-35(2)20-24-43(37(56)4)53-30-39-16-12-14-18-49(39)67-53/h12-33H,1-11H3. The SMILES string of the molecule is Cc1cc2c3c(c1)N(c1c(C)ccc(-c4cc5ccccc5o4)c1C)c1c(oc4ccc(C(C)(C)C)cc14)B3c1oc3ccc(C(C)(C)C)cc3c1N2c1c(C)ccc(-c2cc3ccccc3o2)c1C. The van der Waals surface area contributed by atoms with Crippen LogP contribution >= 0.6 is 0 Å². The Morgan fingerprint density at radius 2 is 0.843 bits per heavy atom. The van der Waals surface area contributed by atoms with Crippen LogP contribution in [0.3, 0.4) is 0 Å². The van der Waals surface area contributed by atoms with Crippen molar-refractivity contribution in [2.45, 2.75) is 87.0 Å². The van der Waals surface area contributed by atoms with Gasteiger partial charge in [0.15, 0.2) is 0 Å². The molecule has 0 bridgehead atoms. The Labute approximate surface area is 409 Å². The van der Waals surface area contributed by atoms with Gasteiger partial charge in [-0.2, -0.15) is 0 Å². The summed E-state index contributed by atoms with van der Waals surface area (Å²) in [7, 11) is 0. The average Bonchev–Trinajstić information content (AvgIpc) is 4.12. The highest BCUT2D eigenvalue weighted by Gasteiger charge is 2.51. The Balaban J connectivity index is 1.15. The largest absolute Gasteiger partial charge is 0.468 e. The minimum absolute atomic E-state index is 0.0960. The number of rotatable bonds is 4. The number of furan rings is 4. The lowest BCUT2D eigenvalue weighted by Gasteiger charge is -2.42. The van der Waals surface area contributed by atoms with Crippen molar-refractivity contribution in [3.05, 3.63) is 172 Å². The molecule has 0 radical (unpaired) electrons. The molecule has 2 aliphatic heterocycles. The lowest BCUT2D eigenvalue weighted by Crippen LogP contribution is -2.60. The average molecular weight is 915 g/mol. The van der Waals surface area contributed by atoms with Gasteiger partial charge in [0.25, 0.3) is 0 Å². The second-order valence-electron chi connectivity index (χ2n) is 22.0. The van der Waals surface area contributed by atoms with Crippen LogP contribution in [0.25, 0.3) is 66.5 Å². The lowest BCUT2D eigenvalue weighted by atomic mass is 9.37. The molecule has 0 saturated carbocycles. The third-order valence-electron chi connectivity index (χ3n) is 15.2. The first-order chi connectivity index (χ1) is 33.5. The van der Waals surface area contributed by atoms with E-state index in [1.165, 1.54) is 11.1 Å². The summed E-state index contributed by atoms with van der Waals surface area (Å²) in [5, 5.41) is 4.31. The Morgan fingerprint density at radius 3 is 1.26 bits per heavy atom. The molecule has 7 heteroatoms. The maximum atomic E-state index is 7.40. The zero-order chi connectivity index (χ0) is 48.3. The fraction of sp³-hybridized carbons (Fsp3) is 0.206. The van der Waals surface area contributed by atoms with Gasteiger partial charge in [-0.1, -0.05) is 114 Å². The van der Waals surface area contributed by atoms with Gasteiger partial charge in [-0.05, 0) is 151 Å². The molecule has 0 saturated heterocycles. The number of para-hydroxylation sites is 2. The third kappa shape index (κ3) is 6.13. The Morgan fingerprint density at radius 1 is 0.414 bits per heavy atom. The lowest BCUT2D eigenvalue weighted by molar-refractivity contribution is 0.590. The number of hydrogen-bond donors (Lipinski definition) is 0. The van der Waals surface area contributed by atoms with Gasteiger partial charge in [0.2, 0.25) is 0 Å². The summed E-state index contributed by atoms with van der Waals surface area (Å²) in [6.07, 6.45) is 0. The maximum Gasteiger partial charge on any atom is 0.342 e. The topological polar surface area (TPSA) is 59.0 Å². The highest BCUT2D eigenvalue weighted by atomic mass is 16.4. The van der Waals surface area contributed by atoms with Gasteiger partial charge >= 0.3 is 6.71 Å². The summed E-state index contributed by atoms with van der Waals surface area (Å²) < 4.78 is 28.0. The first-order valence-electron chi connectivity index (χ1n) is 24.6. The summed E-state index contributed by atoms with van der Waals surface area (Å²) in [6.45, 7) is 24.5. The number of aryl methyl sites for hydroxylation is 3. The molecule has 11 aromatic rings. The van der Waals surface area contributed by atoms with E-state index >= 15 is 0 Å².